The van der Waals surface area contributed by atoms with Crippen molar-refractivity contribution in [2.45, 2.75) is 30.5 Å². The minimum atomic E-state index is -0.315. The fourth-order valence-corrected chi connectivity index (χ4v) is 7.79. The second-order valence-electron chi connectivity index (χ2n) is 9.40. The fraction of sp³-hybridized carbons (Fsp3) is 0.500. The Labute approximate surface area is 174 Å². The Morgan fingerprint density at radius 2 is 1.33 bits per heavy atom. The summed E-state index contributed by atoms with van der Waals surface area (Å²) in [7, 11) is 5.08. The molecule has 30 heavy (non-hydrogen) atoms. The molecule has 5 aliphatic rings. The van der Waals surface area contributed by atoms with Crippen LogP contribution < -0.4 is 9.47 Å². The van der Waals surface area contributed by atoms with Crippen LogP contribution in [0.5, 0.6) is 11.5 Å². The molecular formula is C24H23NO5. The van der Waals surface area contributed by atoms with Crippen molar-refractivity contribution < 1.29 is 23.8 Å². The van der Waals surface area contributed by atoms with E-state index in [0.29, 0.717) is 0 Å². The summed E-state index contributed by atoms with van der Waals surface area (Å²) in [5, 5.41) is 2.13. The van der Waals surface area contributed by atoms with Gasteiger partial charge in [0, 0.05) is 28.9 Å². The summed E-state index contributed by atoms with van der Waals surface area (Å²) in [5.74, 6) is 2.16. The first-order valence-electron chi connectivity index (χ1n) is 10.7. The number of likely N-dealkylation sites (tertiary alicyclic amines) is 1. The van der Waals surface area contributed by atoms with Gasteiger partial charge >= 0.3 is 0 Å². The zero-order valence-electron chi connectivity index (χ0n) is 17.1. The zero-order valence-corrected chi connectivity index (χ0v) is 17.1. The number of benzene rings is 2. The second kappa shape index (κ2) is 5.35. The Morgan fingerprint density at radius 1 is 0.867 bits per heavy atom. The Bertz CT molecular complexity index is 1070. The lowest BCUT2D eigenvalue weighted by molar-refractivity contribution is -0.141. The first kappa shape index (κ1) is 17.1. The van der Waals surface area contributed by atoms with Crippen molar-refractivity contribution in [1.82, 2.24) is 4.90 Å². The molecule has 0 N–H and O–H groups in total. The van der Waals surface area contributed by atoms with Crippen molar-refractivity contribution in [3.05, 3.63) is 35.4 Å². The summed E-state index contributed by atoms with van der Waals surface area (Å²) in [5.41, 5.74) is 2.47. The van der Waals surface area contributed by atoms with Crippen molar-refractivity contribution in [1.29, 1.82) is 0 Å². The molecule has 154 valence electrons. The molecule has 1 unspecified atom stereocenters. The van der Waals surface area contributed by atoms with Crippen molar-refractivity contribution >= 4 is 22.6 Å². The molecule has 4 bridgehead atoms. The smallest absolute Gasteiger partial charge is 0.235 e. The third-order valence-electron chi connectivity index (χ3n) is 8.63. The first-order valence-corrected chi connectivity index (χ1v) is 10.7. The molecule has 0 aromatic heterocycles. The summed E-state index contributed by atoms with van der Waals surface area (Å²) >= 11 is 0. The molecule has 0 radical (unpaired) electrons. The molecular weight excluding hydrogens is 382 g/mol. The van der Waals surface area contributed by atoms with Gasteiger partial charge in [0.1, 0.15) is 11.5 Å². The van der Waals surface area contributed by atoms with Gasteiger partial charge in [-0.3, -0.25) is 14.5 Å². The number of nitrogens with zero attached hydrogens (tertiary/aromatic N) is 1. The van der Waals surface area contributed by atoms with Crippen LogP contribution in [0.1, 0.15) is 29.4 Å². The van der Waals surface area contributed by atoms with Crippen LogP contribution in [0.15, 0.2) is 24.3 Å². The molecule has 1 saturated carbocycles. The quantitative estimate of drug-likeness (QED) is 0.719. The molecule has 2 aromatic carbocycles. The highest BCUT2D eigenvalue weighted by atomic mass is 16.5. The van der Waals surface area contributed by atoms with E-state index in [0.717, 1.165) is 28.7 Å². The van der Waals surface area contributed by atoms with Crippen LogP contribution in [-0.2, 0) is 14.3 Å². The third-order valence-corrected chi connectivity index (χ3v) is 8.63. The van der Waals surface area contributed by atoms with Crippen LogP contribution in [0.3, 0.4) is 0 Å². The van der Waals surface area contributed by atoms with Gasteiger partial charge in [0.2, 0.25) is 11.8 Å². The number of rotatable bonds is 2. The summed E-state index contributed by atoms with van der Waals surface area (Å²) < 4.78 is 18.3. The van der Waals surface area contributed by atoms with Crippen LogP contribution in [-0.4, -0.2) is 50.2 Å². The van der Waals surface area contributed by atoms with E-state index in [1.807, 2.05) is 12.1 Å². The van der Waals surface area contributed by atoms with Gasteiger partial charge in [0.05, 0.1) is 38.3 Å². The molecule has 2 amide bonds. The summed E-state index contributed by atoms with van der Waals surface area (Å²) in [4.78, 5) is 26.9. The van der Waals surface area contributed by atoms with E-state index in [9.17, 15) is 9.59 Å². The van der Waals surface area contributed by atoms with Crippen molar-refractivity contribution in [2.24, 2.45) is 23.7 Å². The van der Waals surface area contributed by atoms with Gasteiger partial charge in [0.15, 0.2) is 0 Å². The number of hydrogen-bond acceptors (Lipinski definition) is 5. The first-order chi connectivity index (χ1) is 14.6. The number of methoxy groups -OCH3 is 2. The van der Waals surface area contributed by atoms with E-state index in [1.165, 1.54) is 16.0 Å². The summed E-state index contributed by atoms with van der Waals surface area (Å²) in [6.07, 6.45) is 0.676. The van der Waals surface area contributed by atoms with Gasteiger partial charge in [-0.25, -0.2) is 0 Å². The fourth-order valence-electron chi connectivity index (χ4n) is 7.79. The van der Waals surface area contributed by atoms with E-state index in [4.69, 9.17) is 14.2 Å². The molecule has 6 nitrogen and oxygen atoms in total. The molecule has 3 aliphatic heterocycles. The Kier molecular flexibility index (Phi) is 3.06. The highest BCUT2D eigenvalue weighted by molar-refractivity contribution is 6.06. The predicted octanol–water partition coefficient (Wildman–Crippen LogP) is 2.69. The Morgan fingerprint density at radius 3 is 1.77 bits per heavy atom. The molecule has 8 atom stereocenters. The number of hydrogen-bond donors (Lipinski definition) is 0. The highest BCUT2D eigenvalue weighted by Crippen LogP contribution is 2.73. The number of amides is 2. The molecule has 6 heteroatoms. The van der Waals surface area contributed by atoms with Crippen molar-refractivity contribution in [3.63, 3.8) is 0 Å². The van der Waals surface area contributed by atoms with E-state index >= 15 is 0 Å². The average Bonchev–Trinajstić information content (AvgIpc) is 3.54. The standard InChI is InChI=1S/C24H23NO5/c1-25-23(26)17-18(24(25)27)22-16-12-8-11(15(16)21(17)30-22)13-14(12)20(29-3)10-7-5-4-6-9(10)19(13)28-2/h4-7,11-12,15-18,21-22H,8H2,1-3H3/t11-,12?,15-,16+,17+,18-,21-,22+/m0/s1. The van der Waals surface area contributed by atoms with Crippen LogP contribution in [0.25, 0.3) is 10.8 Å². The average molecular weight is 405 g/mol. The molecule has 7 rings (SSSR count). The van der Waals surface area contributed by atoms with E-state index in [2.05, 4.69) is 12.1 Å². The number of carbonyl (C=O) groups excluding carboxylic acids is 2. The SMILES string of the molecule is COc1c2c(c(OC)c3ccccc13)[C@@H]1CC2[C@H]2[C@H]3O[C@H]([C@@H]4C(=O)N(C)C(=O)[C@H]34)[C@H]21. The van der Waals surface area contributed by atoms with Gasteiger partial charge in [0.25, 0.3) is 0 Å². The van der Waals surface area contributed by atoms with Gasteiger partial charge in [-0.05, 0) is 30.1 Å². The maximum Gasteiger partial charge on any atom is 0.235 e. The lowest BCUT2D eigenvalue weighted by Crippen LogP contribution is -2.43. The molecule has 2 aliphatic carbocycles. The van der Waals surface area contributed by atoms with Gasteiger partial charge in [-0.15, -0.1) is 0 Å². The Hall–Kier alpha value is -2.60. The molecule has 3 heterocycles. The maximum absolute atomic E-state index is 12.8. The van der Waals surface area contributed by atoms with Crippen molar-refractivity contribution in [2.75, 3.05) is 21.3 Å². The van der Waals surface area contributed by atoms with E-state index in [-0.39, 0.29) is 59.5 Å². The minimum Gasteiger partial charge on any atom is -0.496 e. The highest BCUT2D eigenvalue weighted by Gasteiger charge is 2.74. The largest absolute Gasteiger partial charge is 0.496 e. The lowest BCUT2D eigenvalue weighted by Gasteiger charge is -2.38. The third kappa shape index (κ3) is 1.63. The number of carbonyl (C=O) groups is 2. The zero-order chi connectivity index (χ0) is 20.5. The van der Waals surface area contributed by atoms with Crippen LogP contribution >= 0.6 is 0 Å². The van der Waals surface area contributed by atoms with Gasteiger partial charge in [-0.1, -0.05) is 24.3 Å². The van der Waals surface area contributed by atoms with Crippen molar-refractivity contribution in [3.8, 4) is 11.5 Å². The van der Waals surface area contributed by atoms with Crippen LogP contribution in [0.2, 0.25) is 0 Å². The second-order valence-corrected chi connectivity index (χ2v) is 9.40. The van der Waals surface area contributed by atoms with Crippen LogP contribution in [0, 0.1) is 23.7 Å². The number of imide groups is 1. The number of ether oxygens (including phenoxy) is 3. The molecule has 2 aromatic rings. The number of fused-ring (bicyclic) bond motifs is 16. The predicted molar refractivity (Wildman–Crippen MR) is 108 cm³/mol. The maximum atomic E-state index is 12.8. The summed E-state index contributed by atoms with van der Waals surface area (Å²) in [6, 6.07) is 8.22. The normalized spacial score (nSPS) is 39.6. The Balaban J connectivity index is 1.45. The monoisotopic (exact) mass is 405 g/mol. The van der Waals surface area contributed by atoms with Gasteiger partial charge < -0.3 is 14.2 Å². The van der Waals surface area contributed by atoms with Crippen LogP contribution in [0.4, 0.5) is 0 Å². The molecule has 4 fully saturated rings. The molecule has 3 saturated heterocycles. The van der Waals surface area contributed by atoms with E-state index < -0.39 is 0 Å². The topological polar surface area (TPSA) is 65.1 Å². The molecule has 0 spiro atoms. The lowest BCUT2D eigenvalue weighted by atomic mass is 9.62. The van der Waals surface area contributed by atoms with Gasteiger partial charge in [-0.2, -0.15) is 0 Å². The summed E-state index contributed by atoms with van der Waals surface area (Å²) in [6.45, 7) is 0. The van der Waals surface area contributed by atoms with E-state index in [1.54, 1.807) is 21.3 Å². The minimum absolute atomic E-state index is 0.0676.